The molecule has 12 unspecified atom stereocenters. The molecule has 0 aromatic carbocycles. The highest BCUT2D eigenvalue weighted by molar-refractivity contribution is 5.76. The molecule has 2 aliphatic rings. The fourth-order valence-electron chi connectivity index (χ4n) is 9.75. The highest BCUT2D eigenvalue weighted by atomic mass is 16.7. The summed E-state index contributed by atoms with van der Waals surface area (Å²) in [5.41, 5.74) is 0. The van der Waals surface area contributed by atoms with Crippen LogP contribution in [0.3, 0.4) is 0 Å². The van der Waals surface area contributed by atoms with E-state index >= 15 is 0 Å². The molecule has 0 spiro atoms. The first kappa shape index (κ1) is 73.0. The lowest BCUT2D eigenvalue weighted by molar-refractivity contribution is -0.359. The normalized spacial score (nSPS) is 24.9. The van der Waals surface area contributed by atoms with E-state index < -0.39 is 86.8 Å². The van der Waals surface area contributed by atoms with Gasteiger partial charge in [0.05, 0.1) is 32.0 Å². The molecule has 0 radical (unpaired) electrons. The minimum Gasteiger partial charge on any atom is -0.394 e. The first-order valence-electron chi connectivity index (χ1n) is 31.5. The number of aliphatic hydroxyl groups excluding tert-OH is 8. The summed E-state index contributed by atoms with van der Waals surface area (Å²) in [6.07, 6.45) is 53.1. The summed E-state index contributed by atoms with van der Waals surface area (Å²) in [6.45, 7) is 2.65. The van der Waals surface area contributed by atoms with Crippen LogP contribution < -0.4 is 5.32 Å². The predicted molar refractivity (Wildman–Crippen MR) is 323 cm³/mol. The van der Waals surface area contributed by atoms with E-state index in [9.17, 15) is 45.6 Å². The number of ether oxygens (including phenoxy) is 4. The Kier molecular flexibility index (Phi) is 46.0. The third kappa shape index (κ3) is 35.1. The third-order valence-corrected chi connectivity index (χ3v) is 14.8. The number of hydrogen-bond donors (Lipinski definition) is 9. The van der Waals surface area contributed by atoms with Crippen LogP contribution in [0.25, 0.3) is 0 Å². The standard InChI is InChI=1S/C66H113NO13/c1-3-5-7-9-11-13-15-17-19-21-23-25-27-29-31-33-35-37-39-41-43-45-47-49-55(70)54(53-77-65-63(76)61(74)64(57(52-69)79-65)80-66-62(75)60(73)59(72)56(51-68)78-66)67-58(71)50-48-46-44-42-40-38-36-34-32-30-28-26-24-22-20-18-16-14-12-10-8-6-4-2/h6,8,12,14,18,20,24,26,30,32,36,38,42,44,47,49,54-57,59-66,68-70,72-76H,3-5,7,9-11,13,15-17,19,21-23,25,27-29,31,33-35,37,39-41,43,45-46,48,50-53H2,1-2H3,(H,67,71)/b8-6-,14-12-,20-18-,26-24-,32-30-,38-36-,44-42-,49-47+. The van der Waals surface area contributed by atoms with Crippen molar-refractivity contribution < 1.29 is 64.6 Å². The van der Waals surface area contributed by atoms with Gasteiger partial charge in [0.2, 0.25) is 5.91 Å². The van der Waals surface area contributed by atoms with Crippen LogP contribution in [-0.2, 0) is 23.7 Å². The van der Waals surface area contributed by atoms with Crippen molar-refractivity contribution in [2.75, 3.05) is 19.8 Å². The fraction of sp³-hybridized carbons (Fsp3) is 0.742. The molecule has 14 heteroatoms. The molecular weight excluding hydrogens is 1010 g/mol. The van der Waals surface area contributed by atoms with E-state index in [0.717, 1.165) is 70.6 Å². The highest BCUT2D eigenvalue weighted by Crippen LogP contribution is 2.30. The van der Waals surface area contributed by atoms with E-state index in [1.54, 1.807) is 6.08 Å². The number of nitrogens with one attached hydrogen (secondary N) is 1. The molecule has 80 heavy (non-hydrogen) atoms. The van der Waals surface area contributed by atoms with E-state index in [1.165, 1.54) is 116 Å². The number of carbonyl (C=O) groups is 1. The van der Waals surface area contributed by atoms with Gasteiger partial charge >= 0.3 is 0 Å². The molecule has 0 aliphatic carbocycles. The molecule has 460 valence electrons. The molecule has 2 saturated heterocycles. The maximum absolute atomic E-state index is 13.3. The SMILES string of the molecule is CC/C=C\C/C=C\C/C=C\C/C=C\C/C=C\C/C=C\C/C=C\CCCC(=O)NC(COC1OC(CO)C(OC2OC(CO)C(O)C(O)C2O)C(O)C1O)C(O)/C=C/CCCCCCCCCCCCCCCCCCCCCCC. The monoisotopic (exact) mass is 1130 g/mol. The second-order valence-corrected chi connectivity index (χ2v) is 21.8. The van der Waals surface area contributed by atoms with Gasteiger partial charge < -0.3 is 65.1 Å². The molecule has 0 saturated carbocycles. The van der Waals surface area contributed by atoms with Crippen LogP contribution in [0.15, 0.2) is 97.2 Å². The molecule has 0 aromatic heterocycles. The van der Waals surface area contributed by atoms with Crippen molar-refractivity contribution >= 4 is 5.91 Å². The van der Waals surface area contributed by atoms with Gasteiger partial charge in [-0.15, -0.1) is 0 Å². The summed E-state index contributed by atoms with van der Waals surface area (Å²) in [7, 11) is 0. The summed E-state index contributed by atoms with van der Waals surface area (Å²) in [4.78, 5) is 13.3. The van der Waals surface area contributed by atoms with Crippen LogP contribution in [0.5, 0.6) is 0 Å². The number of unbranched alkanes of at least 4 members (excludes halogenated alkanes) is 22. The molecule has 2 heterocycles. The van der Waals surface area contributed by atoms with Gasteiger partial charge in [-0.25, -0.2) is 0 Å². The fourth-order valence-corrected chi connectivity index (χ4v) is 9.75. The summed E-state index contributed by atoms with van der Waals surface area (Å²) in [6, 6.07) is -0.953. The predicted octanol–water partition coefficient (Wildman–Crippen LogP) is 11.4. The Labute approximate surface area is 483 Å². The van der Waals surface area contributed by atoms with Gasteiger partial charge in [0.15, 0.2) is 12.6 Å². The Balaban J connectivity index is 1.79. The topological polar surface area (TPSA) is 228 Å². The van der Waals surface area contributed by atoms with Gasteiger partial charge in [-0.05, 0) is 70.6 Å². The lowest BCUT2D eigenvalue weighted by atomic mass is 9.97. The van der Waals surface area contributed by atoms with Gasteiger partial charge in [0.1, 0.15) is 48.8 Å². The van der Waals surface area contributed by atoms with Crippen LogP contribution in [0.2, 0.25) is 0 Å². The summed E-state index contributed by atoms with van der Waals surface area (Å²) in [5, 5.41) is 87.2. The number of amides is 1. The second kappa shape index (κ2) is 50.4. The minimum atomic E-state index is -1.80. The Morgan fingerprint density at radius 3 is 1.31 bits per heavy atom. The van der Waals surface area contributed by atoms with Crippen LogP contribution in [0.4, 0.5) is 0 Å². The average molecular weight is 1130 g/mol. The zero-order valence-corrected chi connectivity index (χ0v) is 49.5. The Hall–Kier alpha value is -3.09. The third-order valence-electron chi connectivity index (χ3n) is 14.8. The van der Waals surface area contributed by atoms with Crippen molar-refractivity contribution in [3.05, 3.63) is 97.2 Å². The molecular formula is C66H113NO13. The maximum Gasteiger partial charge on any atom is 0.220 e. The number of rotatable bonds is 49. The molecule has 2 rings (SSSR count). The van der Waals surface area contributed by atoms with Crippen LogP contribution in [0, 0.1) is 0 Å². The molecule has 2 aliphatic heterocycles. The van der Waals surface area contributed by atoms with Crippen LogP contribution in [0.1, 0.15) is 219 Å². The van der Waals surface area contributed by atoms with Crippen molar-refractivity contribution in [3.63, 3.8) is 0 Å². The van der Waals surface area contributed by atoms with E-state index in [1.807, 2.05) is 12.2 Å². The van der Waals surface area contributed by atoms with Gasteiger partial charge in [-0.1, -0.05) is 239 Å². The lowest BCUT2D eigenvalue weighted by Gasteiger charge is -2.46. The van der Waals surface area contributed by atoms with E-state index in [2.05, 4.69) is 98.2 Å². The quantitative estimate of drug-likeness (QED) is 0.0204. The molecule has 9 N–H and O–H groups in total. The summed E-state index contributed by atoms with van der Waals surface area (Å²) in [5.74, 6) is -0.299. The van der Waals surface area contributed by atoms with Gasteiger partial charge in [-0.2, -0.15) is 0 Å². The molecule has 2 fully saturated rings. The van der Waals surface area contributed by atoms with E-state index in [4.69, 9.17) is 18.9 Å². The van der Waals surface area contributed by atoms with Gasteiger partial charge in [0, 0.05) is 6.42 Å². The maximum atomic E-state index is 13.3. The van der Waals surface area contributed by atoms with Gasteiger partial charge in [-0.3, -0.25) is 4.79 Å². The van der Waals surface area contributed by atoms with Crippen molar-refractivity contribution in [1.82, 2.24) is 5.32 Å². The van der Waals surface area contributed by atoms with Crippen LogP contribution >= 0.6 is 0 Å². The molecule has 0 bridgehead atoms. The average Bonchev–Trinajstić information content (AvgIpc) is 3.46. The summed E-state index contributed by atoms with van der Waals surface area (Å²) < 4.78 is 22.8. The Morgan fingerprint density at radius 2 is 0.863 bits per heavy atom. The first-order valence-corrected chi connectivity index (χ1v) is 31.5. The lowest BCUT2D eigenvalue weighted by Crippen LogP contribution is -2.65. The largest absolute Gasteiger partial charge is 0.394 e. The number of carbonyl (C=O) groups excluding carboxylic acids is 1. The van der Waals surface area contributed by atoms with Crippen molar-refractivity contribution in [2.45, 2.75) is 293 Å². The Morgan fingerprint density at radius 1 is 0.463 bits per heavy atom. The zero-order chi connectivity index (χ0) is 58.1. The number of allylic oxidation sites excluding steroid dienone is 15. The smallest absolute Gasteiger partial charge is 0.220 e. The highest BCUT2D eigenvalue weighted by Gasteiger charge is 2.51. The van der Waals surface area contributed by atoms with Gasteiger partial charge in [0.25, 0.3) is 0 Å². The molecule has 12 atom stereocenters. The number of hydrogen-bond acceptors (Lipinski definition) is 13. The van der Waals surface area contributed by atoms with E-state index in [-0.39, 0.29) is 18.9 Å². The van der Waals surface area contributed by atoms with Crippen LogP contribution in [-0.4, -0.2) is 140 Å². The minimum absolute atomic E-state index is 0.196. The second-order valence-electron chi connectivity index (χ2n) is 21.8. The molecule has 0 aromatic rings. The van der Waals surface area contributed by atoms with Crippen molar-refractivity contribution in [1.29, 1.82) is 0 Å². The first-order chi connectivity index (χ1) is 39.1. The summed E-state index contributed by atoms with van der Waals surface area (Å²) >= 11 is 0. The van der Waals surface area contributed by atoms with Crippen molar-refractivity contribution in [2.24, 2.45) is 0 Å². The molecule has 14 nitrogen and oxygen atoms in total. The van der Waals surface area contributed by atoms with Crippen molar-refractivity contribution in [3.8, 4) is 0 Å². The molecule has 1 amide bonds. The zero-order valence-electron chi connectivity index (χ0n) is 49.5. The van der Waals surface area contributed by atoms with E-state index in [0.29, 0.717) is 12.8 Å². The number of aliphatic hydroxyl groups is 8. The Bertz CT molecular complexity index is 1710.